The van der Waals surface area contributed by atoms with Crippen LogP contribution in [0.5, 0.6) is 0 Å². The van der Waals surface area contributed by atoms with Gasteiger partial charge in [0.25, 0.3) is 0 Å². The molecule has 8 heteroatoms. The third kappa shape index (κ3) is 15.0. The lowest BCUT2D eigenvalue weighted by Crippen LogP contribution is -1.94. The number of carbonyl (C=O) groups is 2. The number of benzene rings is 5. The van der Waals surface area contributed by atoms with Crippen molar-refractivity contribution in [3.63, 3.8) is 0 Å². The smallest absolute Gasteiger partial charge is 0.180 e. The van der Waals surface area contributed by atoms with Gasteiger partial charge in [0.2, 0.25) is 0 Å². The van der Waals surface area contributed by atoms with Gasteiger partial charge < -0.3 is 20.1 Å². The van der Waals surface area contributed by atoms with Crippen LogP contribution in [0.4, 0.5) is 22.7 Å². The molecule has 0 aliphatic carbocycles. The van der Waals surface area contributed by atoms with Gasteiger partial charge in [-0.3, -0.25) is 9.59 Å². The van der Waals surface area contributed by atoms with Gasteiger partial charge in [0.05, 0.1) is 23.9 Å². The monoisotopic (exact) mass is 800 g/mol. The number of nitrogens with zero attached hydrogens (tertiary/aromatic N) is 2. The second-order valence-corrected chi connectivity index (χ2v) is 13.7. The summed E-state index contributed by atoms with van der Waals surface area (Å²) in [6, 6.07) is 34.6. The van der Waals surface area contributed by atoms with E-state index in [9.17, 15) is 9.59 Å². The number of ether oxygens (including phenoxy) is 2. The van der Waals surface area contributed by atoms with Crippen LogP contribution in [0.2, 0.25) is 0 Å². The van der Waals surface area contributed by atoms with Gasteiger partial charge in [-0.25, -0.2) is 9.98 Å². The number of aryl methyl sites for hydroxylation is 3. The zero-order valence-electron chi connectivity index (χ0n) is 35.7. The van der Waals surface area contributed by atoms with Crippen molar-refractivity contribution in [2.45, 2.75) is 53.9 Å². The van der Waals surface area contributed by atoms with Gasteiger partial charge in [-0.05, 0) is 150 Å². The normalized spacial score (nSPS) is 11.5. The van der Waals surface area contributed by atoms with Crippen molar-refractivity contribution in [2.24, 2.45) is 9.98 Å². The average molecular weight is 801 g/mol. The Morgan fingerprint density at radius 1 is 0.517 bits per heavy atom. The van der Waals surface area contributed by atoms with Crippen LogP contribution in [0.1, 0.15) is 73.6 Å². The molecule has 5 aromatic carbocycles. The molecule has 0 amide bonds. The number of nitrogens with one attached hydrogen (secondary N) is 2. The summed E-state index contributed by atoms with van der Waals surface area (Å²) < 4.78 is 10.8. The Bertz CT molecular complexity index is 2350. The van der Waals surface area contributed by atoms with Gasteiger partial charge in [0, 0.05) is 25.5 Å². The topological polar surface area (TPSA) is 101 Å². The summed E-state index contributed by atoms with van der Waals surface area (Å²) in [4.78, 5) is 30.9. The van der Waals surface area contributed by atoms with Crippen LogP contribution >= 0.6 is 0 Å². The summed E-state index contributed by atoms with van der Waals surface area (Å²) >= 11 is 0. The lowest BCUT2D eigenvalue weighted by Gasteiger charge is -2.13. The molecule has 5 aromatic rings. The van der Waals surface area contributed by atoms with Gasteiger partial charge in [0.15, 0.2) is 24.4 Å². The van der Waals surface area contributed by atoms with Crippen LogP contribution in [0.25, 0.3) is 35.4 Å². The van der Waals surface area contributed by atoms with E-state index in [4.69, 9.17) is 9.47 Å². The molecule has 0 spiro atoms. The van der Waals surface area contributed by atoms with Crippen molar-refractivity contribution in [1.82, 2.24) is 0 Å². The molecule has 60 heavy (non-hydrogen) atoms. The van der Waals surface area contributed by atoms with Gasteiger partial charge in [-0.15, -0.1) is 0 Å². The summed E-state index contributed by atoms with van der Waals surface area (Å²) in [6.45, 7) is 9.49. The number of aliphatic imine (C=N–C) groups is 2. The Balaban J connectivity index is 0.000000275. The van der Waals surface area contributed by atoms with Crippen molar-refractivity contribution in [1.29, 1.82) is 0 Å². The predicted molar refractivity (Wildman–Crippen MR) is 254 cm³/mol. The number of hydrogen-bond acceptors (Lipinski definition) is 8. The van der Waals surface area contributed by atoms with E-state index in [0.717, 1.165) is 69.8 Å². The summed E-state index contributed by atoms with van der Waals surface area (Å²) in [5.74, 6) is 0.0694. The van der Waals surface area contributed by atoms with Crippen LogP contribution in [0.15, 0.2) is 138 Å². The molecule has 0 aliphatic rings. The third-order valence-corrected chi connectivity index (χ3v) is 9.37. The highest BCUT2D eigenvalue weighted by Crippen LogP contribution is 2.31. The average Bonchev–Trinajstić information content (AvgIpc) is 3.28. The van der Waals surface area contributed by atoms with E-state index in [1.54, 1.807) is 36.8 Å². The number of rotatable bonds is 18. The molecule has 0 heterocycles. The summed E-state index contributed by atoms with van der Waals surface area (Å²) in [5, 5.41) is 6.34. The molecule has 0 fully saturated rings. The largest absolute Gasteiger partial charge is 0.453 e. The van der Waals surface area contributed by atoms with Crippen LogP contribution < -0.4 is 10.6 Å². The molecule has 0 radical (unpaired) electrons. The molecule has 0 atom stereocenters. The van der Waals surface area contributed by atoms with E-state index in [1.165, 1.54) is 48.9 Å². The van der Waals surface area contributed by atoms with Crippen LogP contribution in [0.3, 0.4) is 0 Å². The highest BCUT2D eigenvalue weighted by Gasteiger charge is 2.08. The van der Waals surface area contributed by atoms with Crippen LogP contribution in [-0.2, 0) is 38.3 Å². The van der Waals surface area contributed by atoms with Gasteiger partial charge in [-0.2, -0.15) is 0 Å². The second kappa shape index (κ2) is 24.7. The molecule has 0 aliphatic heterocycles. The molecule has 308 valence electrons. The lowest BCUT2D eigenvalue weighted by atomic mass is 9.95. The van der Waals surface area contributed by atoms with Gasteiger partial charge in [-0.1, -0.05) is 93.6 Å². The molecule has 0 aromatic heterocycles. The van der Waals surface area contributed by atoms with Crippen molar-refractivity contribution in [3.8, 4) is 11.1 Å². The molecule has 2 N–H and O–H groups in total. The number of carbonyl (C=O) groups excluding carboxylic acids is 2. The maximum Gasteiger partial charge on any atom is 0.180 e. The number of anilines is 2. The first-order valence-corrected chi connectivity index (χ1v) is 20.2. The molecule has 0 saturated carbocycles. The Morgan fingerprint density at radius 3 is 1.35 bits per heavy atom. The first-order chi connectivity index (χ1) is 29.2. The van der Waals surface area contributed by atoms with Crippen molar-refractivity contribution in [3.05, 3.63) is 167 Å². The first-order valence-electron chi connectivity index (χ1n) is 20.2. The molecule has 8 nitrogen and oxygen atoms in total. The summed E-state index contributed by atoms with van der Waals surface area (Å²) in [7, 11) is 3.84. The SMILES string of the molecule is CCc1cc(-c2ccc(NC)cc2CC)ccc1N=COC=Cc1ccc(C=CC(C)=O)cc1.CCc1cc(NC)ccc1N=COC=Cc1ccc(C=CC(C)=O)cc1. The van der Waals surface area contributed by atoms with Crippen LogP contribution in [-0.4, -0.2) is 38.5 Å². The fraction of sp³-hybridized carbons (Fsp3) is 0.192. The zero-order chi connectivity index (χ0) is 43.1. The van der Waals surface area contributed by atoms with E-state index >= 15 is 0 Å². The first kappa shape index (κ1) is 45.6. The minimum Gasteiger partial charge on any atom is -0.453 e. The second-order valence-electron chi connectivity index (χ2n) is 13.7. The third-order valence-electron chi connectivity index (χ3n) is 9.37. The van der Waals surface area contributed by atoms with E-state index in [2.05, 4.69) is 83.9 Å². The molecule has 0 bridgehead atoms. The number of hydrogen-bond donors (Lipinski definition) is 2. The molecule has 5 rings (SSSR count). The Kier molecular flexibility index (Phi) is 18.8. The fourth-order valence-electron chi connectivity index (χ4n) is 5.98. The molecule has 0 unspecified atom stereocenters. The maximum absolute atomic E-state index is 11.0. The van der Waals surface area contributed by atoms with Gasteiger partial charge >= 0.3 is 0 Å². The highest BCUT2D eigenvalue weighted by atomic mass is 16.5. The van der Waals surface area contributed by atoms with Crippen molar-refractivity contribution < 1.29 is 19.1 Å². The van der Waals surface area contributed by atoms with E-state index < -0.39 is 0 Å². The molecule has 0 saturated heterocycles. The molecular formula is C52H56N4O4. The maximum atomic E-state index is 11.0. The highest BCUT2D eigenvalue weighted by molar-refractivity contribution is 5.92. The quantitative estimate of drug-likeness (QED) is 0.0396. The van der Waals surface area contributed by atoms with E-state index in [0.29, 0.717) is 0 Å². The van der Waals surface area contributed by atoms with Gasteiger partial charge in [0.1, 0.15) is 0 Å². The number of ketones is 2. The summed E-state index contributed by atoms with van der Waals surface area (Å²) in [6.07, 6.45) is 19.3. The van der Waals surface area contributed by atoms with Crippen molar-refractivity contribution >= 4 is 71.4 Å². The van der Waals surface area contributed by atoms with E-state index in [-0.39, 0.29) is 11.6 Å². The standard InChI is InChI=1S/C30H32N2O2.C22H24N2O2/c1-5-25-20-28(31-4)14-15-29(25)27-13-16-30(26(6-2)19-27)32-21-34-18-17-24-11-9-23(10-12-24)8-7-22(3)33;1-4-20-15-21(23-3)11-12-22(20)24-16-26-14-13-19-9-7-18(8-10-19)6-5-17(2)25/h7-21,31H,5-6H2,1-4H3;5-16,23H,4H2,1-3H3. The van der Waals surface area contributed by atoms with Crippen molar-refractivity contribution in [2.75, 3.05) is 24.7 Å². The minimum absolute atomic E-state index is 0.0337. The Labute approximate surface area is 355 Å². The number of allylic oxidation sites excluding steroid dienone is 2. The predicted octanol–water partition coefficient (Wildman–Crippen LogP) is 12.7. The van der Waals surface area contributed by atoms with Crippen LogP contribution in [0, 0.1) is 0 Å². The Morgan fingerprint density at radius 2 is 0.917 bits per heavy atom. The minimum atomic E-state index is 0.0337. The fourth-order valence-corrected chi connectivity index (χ4v) is 5.98. The summed E-state index contributed by atoms with van der Waals surface area (Å²) in [5.41, 5.74) is 14.1. The lowest BCUT2D eigenvalue weighted by molar-refractivity contribution is -0.113. The van der Waals surface area contributed by atoms with E-state index in [1.807, 2.05) is 86.9 Å². The Hall–Kier alpha value is -7.06. The zero-order valence-corrected chi connectivity index (χ0v) is 35.7. The molecular weight excluding hydrogens is 745 g/mol.